The van der Waals surface area contributed by atoms with Crippen LogP contribution in [-0.4, -0.2) is 18.6 Å². The number of carbonyl (C=O) groups excluding carboxylic acids is 1. The third-order valence-corrected chi connectivity index (χ3v) is 3.91. The topological polar surface area (TPSA) is 52.3 Å². The summed E-state index contributed by atoms with van der Waals surface area (Å²) in [5.74, 6) is -0.121. The Morgan fingerprint density at radius 3 is 1.76 bits per heavy atom. The number of esters is 1. The molecule has 0 rings (SSSR count). The second-order valence-electron chi connectivity index (χ2n) is 6.06. The highest BCUT2D eigenvalue weighted by Gasteiger charge is 2.13. The van der Waals surface area contributed by atoms with Gasteiger partial charge < -0.3 is 10.5 Å². The third-order valence-electron chi connectivity index (χ3n) is 3.91. The van der Waals surface area contributed by atoms with Crippen molar-refractivity contribution in [2.75, 3.05) is 6.54 Å². The van der Waals surface area contributed by atoms with Crippen LogP contribution in [0.15, 0.2) is 0 Å². The number of hydrogen-bond donors (Lipinski definition) is 1. The predicted octanol–water partition coefficient (Wildman–Crippen LogP) is 4.97. The average Bonchev–Trinajstić information content (AvgIpc) is 2.46. The molecule has 0 atom stereocenters. The van der Waals surface area contributed by atoms with E-state index in [0.717, 1.165) is 12.8 Å². The van der Waals surface area contributed by atoms with Gasteiger partial charge in [-0.15, -0.1) is 0 Å². The first kappa shape index (κ1) is 20.4. The lowest BCUT2D eigenvalue weighted by molar-refractivity contribution is -0.149. The van der Waals surface area contributed by atoms with Crippen LogP contribution >= 0.6 is 0 Å². The minimum Gasteiger partial charge on any atom is -0.462 e. The largest absolute Gasteiger partial charge is 0.462 e. The molecule has 0 spiro atoms. The molecule has 0 saturated heterocycles. The lowest BCUT2D eigenvalue weighted by Gasteiger charge is -2.18. The van der Waals surface area contributed by atoms with Crippen molar-refractivity contribution in [1.29, 1.82) is 0 Å². The fraction of sp³-hybridized carbons (Fsp3) is 0.944. The summed E-state index contributed by atoms with van der Waals surface area (Å²) < 4.78 is 5.59. The van der Waals surface area contributed by atoms with E-state index in [1.54, 1.807) is 0 Å². The first-order chi connectivity index (χ1) is 10.2. The maximum Gasteiger partial charge on any atom is 0.307 e. The highest BCUT2D eigenvalue weighted by Crippen LogP contribution is 2.16. The number of unbranched alkanes of at least 4 members (excludes halogenated alkanes) is 8. The summed E-state index contributed by atoms with van der Waals surface area (Å²) in [6.45, 7) is 4.85. The number of rotatable bonds is 15. The van der Waals surface area contributed by atoms with Gasteiger partial charge in [0.1, 0.15) is 6.10 Å². The SMILES string of the molecule is CCCCCCCC(CCCCCCC)OC(=O)CCN. The molecule has 3 heteroatoms. The fourth-order valence-electron chi connectivity index (χ4n) is 2.58. The third kappa shape index (κ3) is 14.1. The Kier molecular flexibility index (Phi) is 15.4. The number of nitrogens with two attached hydrogens (primary N) is 1. The second kappa shape index (κ2) is 15.8. The molecule has 0 aromatic rings. The molecule has 0 unspecified atom stereocenters. The van der Waals surface area contributed by atoms with Crippen molar-refractivity contribution in [1.82, 2.24) is 0 Å². The summed E-state index contributed by atoms with van der Waals surface area (Å²) in [4.78, 5) is 11.6. The van der Waals surface area contributed by atoms with Crippen LogP contribution in [0, 0.1) is 0 Å². The van der Waals surface area contributed by atoms with Crippen LogP contribution in [-0.2, 0) is 9.53 Å². The van der Waals surface area contributed by atoms with Crippen molar-refractivity contribution >= 4 is 5.97 Å². The quantitative estimate of drug-likeness (QED) is 0.343. The average molecular weight is 299 g/mol. The zero-order valence-electron chi connectivity index (χ0n) is 14.4. The number of carbonyl (C=O) groups is 1. The molecule has 0 radical (unpaired) electrons. The first-order valence-corrected chi connectivity index (χ1v) is 9.14. The van der Waals surface area contributed by atoms with Crippen molar-refractivity contribution in [2.45, 2.75) is 103 Å². The zero-order chi connectivity index (χ0) is 15.8. The van der Waals surface area contributed by atoms with Gasteiger partial charge in [0.25, 0.3) is 0 Å². The van der Waals surface area contributed by atoms with E-state index in [9.17, 15) is 4.79 Å². The fourth-order valence-corrected chi connectivity index (χ4v) is 2.58. The Morgan fingerprint density at radius 2 is 1.33 bits per heavy atom. The molecule has 0 bridgehead atoms. The minimum absolute atomic E-state index is 0.118. The van der Waals surface area contributed by atoms with Crippen LogP contribution in [0.3, 0.4) is 0 Å². The van der Waals surface area contributed by atoms with Crippen molar-refractivity contribution in [3.63, 3.8) is 0 Å². The molecule has 3 nitrogen and oxygen atoms in total. The van der Waals surface area contributed by atoms with E-state index in [0.29, 0.717) is 13.0 Å². The van der Waals surface area contributed by atoms with Crippen LogP contribution in [0.25, 0.3) is 0 Å². The second-order valence-corrected chi connectivity index (χ2v) is 6.06. The minimum atomic E-state index is -0.121. The lowest BCUT2D eigenvalue weighted by Crippen LogP contribution is -2.20. The van der Waals surface area contributed by atoms with E-state index in [1.165, 1.54) is 64.2 Å². The van der Waals surface area contributed by atoms with Crippen LogP contribution in [0.1, 0.15) is 97.3 Å². The van der Waals surface area contributed by atoms with Crippen molar-refractivity contribution in [3.8, 4) is 0 Å². The van der Waals surface area contributed by atoms with Crippen molar-refractivity contribution in [3.05, 3.63) is 0 Å². The van der Waals surface area contributed by atoms with E-state index in [1.807, 2.05) is 0 Å². The number of hydrogen-bond acceptors (Lipinski definition) is 3. The molecule has 0 aliphatic carbocycles. The number of ether oxygens (including phenoxy) is 1. The van der Waals surface area contributed by atoms with Gasteiger partial charge in [0, 0.05) is 6.54 Å². The molecule has 0 heterocycles. The lowest BCUT2D eigenvalue weighted by atomic mass is 10.0. The Bertz CT molecular complexity index is 217. The zero-order valence-corrected chi connectivity index (χ0v) is 14.4. The first-order valence-electron chi connectivity index (χ1n) is 9.14. The highest BCUT2D eigenvalue weighted by molar-refractivity contribution is 5.69. The predicted molar refractivity (Wildman–Crippen MR) is 90.3 cm³/mol. The molecule has 0 fully saturated rings. The van der Waals surface area contributed by atoms with E-state index in [2.05, 4.69) is 13.8 Å². The van der Waals surface area contributed by atoms with E-state index in [-0.39, 0.29) is 12.1 Å². The molecule has 126 valence electrons. The summed E-state index contributed by atoms with van der Waals surface area (Å²) in [7, 11) is 0. The Hall–Kier alpha value is -0.570. The standard InChI is InChI=1S/C18H37NO2/c1-3-5-7-9-11-13-17(21-18(20)15-16-19)14-12-10-8-6-4-2/h17H,3-16,19H2,1-2H3. The molecular weight excluding hydrogens is 262 g/mol. The van der Waals surface area contributed by atoms with Gasteiger partial charge in [-0.25, -0.2) is 0 Å². The Morgan fingerprint density at radius 1 is 0.857 bits per heavy atom. The molecule has 0 aromatic heterocycles. The maximum atomic E-state index is 11.6. The maximum absolute atomic E-state index is 11.6. The summed E-state index contributed by atoms with van der Waals surface area (Å²) >= 11 is 0. The van der Waals surface area contributed by atoms with Crippen LogP contribution in [0.2, 0.25) is 0 Å². The summed E-state index contributed by atoms with van der Waals surface area (Å²) in [6, 6.07) is 0. The van der Waals surface area contributed by atoms with Gasteiger partial charge in [0.05, 0.1) is 6.42 Å². The van der Waals surface area contributed by atoms with E-state index >= 15 is 0 Å². The van der Waals surface area contributed by atoms with Gasteiger partial charge >= 0.3 is 5.97 Å². The van der Waals surface area contributed by atoms with E-state index < -0.39 is 0 Å². The smallest absolute Gasteiger partial charge is 0.307 e. The summed E-state index contributed by atoms with van der Waals surface area (Å²) in [5, 5.41) is 0. The van der Waals surface area contributed by atoms with Gasteiger partial charge in [-0.05, 0) is 25.7 Å². The van der Waals surface area contributed by atoms with Crippen LogP contribution in [0.5, 0.6) is 0 Å². The molecule has 21 heavy (non-hydrogen) atoms. The van der Waals surface area contributed by atoms with Crippen LogP contribution < -0.4 is 5.73 Å². The molecule has 0 aromatic carbocycles. The van der Waals surface area contributed by atoms with Gasteiger partial charge in [0.2, 0.25) is 0 Å². The van der Waals surface area contributed by atoms with Crippen molar-refractivity contribution < 1.29 is 9.53 Å². The van der Waals surface area contributed by atoms with Gasteiger partial charge in [-0.1, -0.05) is 65.2 Å². The summed E-state index contributed by atoms with van der Waals surface area (Å²) in [6.07, 6.45) is 15.2. The Balaban J connectivity index is 3.88. The monoisotopic (exact) mass is 299 g/mol. The van der Waals surface area contributed by atoms with Crippen LogP contribution in [0.4, 0.5) is 0 Å². The summed E-state index contributed by atoms with van der Waals surface area (Å²) in [5.41, 5.74) is 5.41. The highest BCUT2D eigenvalue weighted by atomic mass is 16.5. The molecule has 2 N–H and O–H groups in total. The van der Waals surface area contributed by atoms with Crippen molar-refractivity contribution in [2.24, 2.45) is 5.73 Å². The molecular formula is C18H37NO2. The van der Waals surface area contributed by atoms with Gasteiger partial charge in [-0.2, -0.15) is 0 Å². The molecule has 0 aliphatic rings. The molecule has 0 amide bonds. The van der Waals surface area contributed by atoms with E-state index in [4.69, 9.17) is 10.5 Å². The van der Waals surface area contributed by atoms with Gasteiger partial charge in [-0.3, -0.25) is 4.79 Å². The Labute approximate surface area is 132 Å². The van der Waals surface area contributed by atoms with Gasteiger partial charge in [0.15, 0.2) is 0 Å². The molecule has 0 aliphatic heterocycles. The normalized spacial score (nSPS) is 11.0. The molecule has 0 saturated carbocycles.